The van der Waals surface area contributed by atoms with Crippen LogP contribution in [0, 0.1) is 40.9 Å². The summed E-state index contributed by atoms with van der Waals surface area (Å²) in [5, 5.41) is 2.26. The lowest BCUT2D eigenvalue weighted by Gasteiger charge is -2.06. The van der Waals surface area contributed by atoms with Crippen LogP contribution in [0.15, 0.2) is 48.5 Å². The molecular weight excluding hydrogens is 437 g/mol. The number of rotatable bonds is 6. The van der Waals surface area contributed by atoms with E-state index in [0.717, 1.165) is 19.3 Å². The summed E-state index contributed by atoms with van der Waals surface area (Å²) < 4.78 is 68.2. The van der Waals surface area contributed by atoms with E-state index in [0.29, 0.717) is 29.7 Å². The zero-order valence-corrected chi connectivity index (χ0v) is 17.7. The first-order valence-corrected chi connectivity index (χ1v) is 10.3. The highest BCUT2D eigenvalue weighted by Crippen LogP contribution is 2.19. The van der Waals surface area contributed by atoms with Crippen LogP contribution in [0.3, 0.4) is 0 Å². The Balaban J connectivity index is 1.71. The first-order chi connectivity index (χ1) is 15.8. The molecule has 1 N–H and O–H groups in total. The smallest absolute Gasteiger partial charge is 0.255 e. The topological polar surface area (TPSA) is 29.1 Å². The van der Waals surface area contributed by atoms with Gasteiger partial charge < -0.3 is 5.32 Å². The van der Waals surface area contributed by atoms with Gasteiger partial charge in [-0.05, 0) is 54.8 Å². The first kappa shape index (κ1) is 24.0. The zero-order chi connectivity index (χ0) is 24.0. The van der Waals surface area contributed by atoms with Gasteiger partial charge in [0.2, 0.25) is 0 Å². The van der Waals surface area contributed by atoms with Crippen molar-refractivity contribution in [2.45, 2.75) is 32.6 Å². The standard InChI is InChI=1S/C26H20F5NO/c1-2-3-4-5-17-12-21(27)20(22(28)13-17)11-8-16-6-9-18(10-7-16)26(33)32-19-14-23(29)25(31)24(30)15-19/h6-7,9-10,12-15H,2-5H2,1H3,(H,32,33). The molecule has 0 radical (unpaired) electrons. The Hall–Kier alpha value is -3.66. The van der Waals surface area contributed by atoms with Gasteiger partial charge in [-0.2, -0.15) is 0 Å². The number of carbonyl (C=O) groups is 1. The Bertz CT molecular complexity index is 1180. The first-order valence-electron chi connectivity index (χ1n) is 10.3. The normalized spacial score (nSPS) is 10.5. The summed E-state index contributed by atoms with van der Waals surface area (Å²) in [7, 11) is 0. The summed E-state index contributed by atoms with van der Waals surface area (Å²) in [6, 6.07) is 9.60. The van der Waals surface area contributed by atoms with Gasteiger partial charge in [0.25, 0.3) is 5.91 Å². The van der Waals surface area contributed by atoms with Crippen molar-refractivity contribution in [2.75, 3.05) is 5.32 Å². The molecule has 3 rings (SSSR count). The lowest BCUT2D eigenvalue weighted by atomic mass is 10.0. The Kier molecular flexibility index (Phi) is 7.83. The van der Waals surface area contributed by atoms with E-state index in [2.05, 4.69) is 17.2 Å². The van der Waals surface area contributed by atoms with Crippen LogP contribution in [0.25, 0.3) is 0 Å². The Morgan fingerprint density at radius 3 is 2.00 bits per heavy atom. The average molecular weight is 457 g/mol. The van der Waals surface area contributed by atoms with Crippen LogP contribution >= 0.6 is 0 Å². The van der Waals surface area contributed by atoms with Crippen LogP contribution in [0.1, 0.15) is 53.2 Å². The number of amides is 1. The third-order valence-corrected chi connectivity index (χ3v) is 4.89. The Labute approximate surface area is 188 Å². The highest BCUT2D eigenvalue weighted by Gasteiger charge is 2.13. The van der Waals surface area contributed by atoms with Crippen LogP contribution < -0.4 is 5.32 Å². The SMILES string of the molecule is CCCCCc1cc(F)c(C#Cc2ccc(C(=O)Nc3cc(F)c(F)c(F)c3)cc2)c(F)c1. The van der Waals surface area contributed by atoms with Gasteiger partial charge in [-0.1, -0.05) is 31.6 Å². The van der Waals surface area contributed by atoms with Crippen LogP contribution in [-0.4, -0.2) is 5.91 Å². The third-order valence-electron chi connectivity index (χ3n) is 4.89. The molecule has 0 fully saturated rings. The van der Waals surface area contributed by atoms with E-state index in [1.165, 1.54) is 36.4 Å². The van der Waals surface area contributed by atoms with Gasteiger partial charge in [-0.3, -0.25) is 4.79 Å². The second kappa shape index (κ2) is 10.8. The highest BCUT2D eigenvalue weighted by atomic mass is 19.2. The van der Waals surface area contributed by atoms with Gasteiger partial charge in [-0.15, -0.1) is 0 Å². The van der Waals surface area contributed by atoms with E-state index < -0.39 is 35.0 Å². The van der Waals surface area contributed by atoms with Crippen LogP contribution in [0.5, 0.6) is 0 Å². The van der Waals surface area contributed by atoms with Crippen LogP contribution in [0.4, 0.5) is 27.6 Å². The summed E-state index contributed by atoms with van der Waals surface area (Å²) >= 11 is 0. The van der Waals surface area contributed by atoms with E-state index >= 15 is 0 Å². The molecule has 0 aliphatic rings. The summed E-state index contributed by atoms with van der Waals surface area (Å²) in [5.74, 6) is -1.50. The van der Waals surface area contributed by atoms with E-state index in [-0.39, 0.29) is 16.8 Å². The molecule has 0 bridgehead atoms. The minimum atomic E-state index is -1.63. The molecule has 0 heterocycles. The monoisotopic (exact) mass is 457 g/mol. The van der Waals surface area contributed by atoms with Gasteiger partial charge in [0.05, 0.1) is 5.56 Å². The van der Waals surface area contributed by atoms with Gasteiger partial charge >= 0.3 is 0 Å². The summed E-state index contributed by atoms with van der Waals surface area (Å²) in [6.07, 6.45) is 3.44. The minimum absolute atomic E-state index is 0.138. The maximum absolute atomic E-state index is 14.3. The van der Waals surface area contributed by atoms with E-state index in [9.17, 15) is 26.7 Å². The third kappa shape index (κ3) is 6.19. The molecule has 0 atom stereocenters. The molecule has 0 saturated heterocycles. The molecule has 3 aromatic rings. The van der Waals surface area contributed by atoms with Gasteiger partial charge in [0, 0.05) is 28.9 Å². The quantitative estimate of drug-likeness (QED) is 0.188. The Morgan fingerprint density at radius 2 is 1.42 bits per heavy atom. The zero-order valence-electron chi connectivity index (χ0n) is 17.7. The van der Waals surface area contributed by atoms with Crippen molar-refractivity contribution in [1.29, 1.82) is 0 Å². The number of benzene rings is 3. The number of nitrogens with one attached hydrogen (secondary N) is 1. The van der Waals surface area contributed by atoms with E-state index in [1.807, 2.05) is 6.92 Å². The molecule has 0 saturated carbocycles. The molecule has 0 unspecified atom stereocenters. The van der Waals surface area contributed by atoms with Crippen molar-refractivity contribution in [3.05, 3.63) is 99.9 Å². The van der Waals surface area contributed by atoms with Crippen molar-refractivity contribution >= 4 is 11.6 Å². The van der Waals surface area contributed by atoms with Crippen LogP contribution in [-0.2, 0) is 6.42 Å². The molecule has 170 valence electrons. The van der Waals surface area contributed by atoms with Gasteiger partial charge in [-0.25, -0.2) is 22.0 Å². The summed E-state index contributed by atoms with van der Waals surface area (Å²) in [6.45, 7) is 2.05. The molecule has 33 heavy (non-hydrogen) atoms. The molecule has 0 aromatic heterocycles. The summed E-state index contributed by atoms with van der Waals surface area (Å²) in [5.41, 5.74) is 0.539. The molecular formula is C26H20F5NO. The number of halogens is 5. The summed E-state index contributed by atoms with van der Waals surface area (Å²) in [4.78, 5) is 12.2. The maximum atomic E-state index is 14.3. The predicted octanol–water partition coefficient (Wildman–Crippen LogP) is 6.77. The predicted molar refractivity (Wildman–Crippen MR) is 116 cm³/mol. The largest absolute Gasteiger partial charge is 0.322 e. The second-order valence-corrected chi connectivity index (χ2v) is 7.43. The molecule has 2 nitrogen and oxygen atoms in total. The molecule has 1 amide bonds. The van der Waals surface area contributed by atoms with Crippen molar-refractivity contribution in [3.8, 4) is 11.8 Å². The average Bonchev–Trinajstić information content (AvgIpc) is 2.77. The fraction of sp³-hybridized carbons (Fsp3) is 0.192. The van der Waals surface area contributed by atoms with Crippen LogP contribution in [0.2, 0.25) is 0 Å². The molecule has 0 aliphatic heterocycles. The number of carbonyl (C=O) groups excluding carboxylic acids is 1. The van der Waals surface area contributed by atoms with Crippen molar-refractivity contribution < 1.29 is 26.7 Å². The fourth-order valence-corrected chi connectivity index (χ4v) is 3.14. The highest BCUT2D eigenvalue weighted by molar-refractivity contribution is 6.04. The molecule has 7 heteroatoms. The van der Waals surface area contributed by atoms with Gasteiger partial charge in [0.1, 0.15) is 11.6 Å². The number of hydrogen-bond donors (Lipinski definition) is 1. The number of unbranched alkanes of at least 4 members (excludes halogenated alkanes) is 2. The van der Waals surface area contributed by atoms with Crippen molar-refractivity contribution in [3.63, 3.8) is 0 Å². The van der Waals surface area contributed by atoms with E-state index in [4.69, 9.17) is 0 Å². The van der Waals surface area contributed by atoms with Crippen molar-refractivity contribution in [2.24, 2.45) is 0 Å². The number of anilines is 1. The molecule has 3 aromatic carbocycles. The lowest BCUT2D eigenvalue weighted by Crippen LogP contribution is -2.12. The number of hydrogen-bond acceptors (Lipinski definition) is 1. The molecule has 0 spiro atoms. The second-order valence-electron chi connectivity index (χ2n) is 7.43. The van der Waals surface area contributed by atoms with Crippen molar-refractivity contribution in [1.82, 2.24) is 0 Å². The minimum Gasteiger partial charge on any atom is -0.322 e. The molecule has 0 aliphatic carbocycles. The Morgan fingerprint density at radius 1 is 0.818 bits per heavy atom. The van der Waals surface area contributed by atoms with E-state index in [1.54, 1.807) is 0 Å². The van der Waals surface area contributed by atoms with Gasteiger partial charge in [0.15, 0.2) is 17.5 Å². The lowest BCUT2D eigenvalue weighted by molar-refractivity contribution is 0.102. The maximum Gasteiger partial charge on any atom is 0.255 e. The number of aryl methyl sites for hydroxylation is 1. The fourth-order valence-electron chi connectivity index (χ4n) is 3.14.